The molecule has 1 aliphatic heterocycles. The van der Waals surface area contributed by atoms with Gasteiger partial charge in [-0.05, 0) is 60.2 Å². The number of hydrogen-bond acceptors (Lipinski definition) is 3. The summed E-state index contributed by atoms with van der Waals surface area (Å²) in [6.07, 6.45) is 0. The molecule has 0 bridgehead atoms. The second-order valence-electron chi connectivity index (χ2n) is 8.07. The zero-order valence-electron chi connectivity index (χ0n) is 18.2. The summed E-state index contributed by atoms with van der Waals surface area (Å²) in [4.78, 5) is 28.6. The summed E-state index contributed by atoms with van der Waals surface area (Å²) < 4.78 is 13.6. The van der Waals surface area contributed by atoms with Crippen LogP contribution in [0.5, 0.6) is 0 Å². The fraction of sp³-hybridized carbons (Fsp3) is 0.0714. The van der Waals surface area contributed by atoms with Crippen LogP contribution in [0.2, 0.25) is 0 Å². The summed E-state index contributed by atoms with van der Waals surface area (Å²) in [6.45, 7) is 3.94. The Morgan fingerprint density at radius 2 is 1.45 bits per heavy atom. The Hall–Kier alpha value is -4.25. The molecule has 5 heteroatoms. The second kappa shape index (κ2) is 8.02. The van der Waals surface area contributed by atoms with Crippen LogP contribution in [0, 0.1) is 19.7 Å². The van der Waals surface area contributed by atoms with Crippen molar-refractivity contribution in [2.45, 2.75) is 13.8 Å². The molecule has 5 rings (SSSR count). The topological polar surface area (TPSA) is 49.4 Å². The Balaban J connectivity index is 1.68. The Morgan fingerprint density at radius 1 is 0.758 bits per heavy atom. The van der Waals surface area contributed by atoms with Crippen molar-refractivity contribution in [1.29, 1.82) is 0 Å². The summed E-state index contributed by atoms with van der Waals surface area (Å²) in [5, 5.41) is 4.94. The van der Waals surface area contributed by atoms with Crippen LogP contribution in [0.3, 0.4) is 0 Å². The van der Waals surface area contributed by atoms with E-state index in [1.165, 1.54) is 29.2 Å². The molecule has 4 aromatic carbocycles. The number of fused-ring (bicyclic) bond motifs is 1. The molecule has 4 nitrogen and oxygen atoms in total. The standard InChI is InChI=1S/C28H21FN2O2/c1-17-7-5-11-23(18(17)2)30-26-25(20-13-15-21(29)16-14-20)27(32)31(28(26)33)24-12-6-9-19-8-3-4-10-22(19)24/h3-16,30H,1-2H3. The SMILES string of the molecule is Cc1cccc(NC2=C(c3ccc(F)cc3)C(=O)N(c3cccc4ccccc34)C2=O)c1C. The normalized spacial score (nSPS) is 13.8. The van der Waals surface area contributed by atoms with E-state index in [0.29, 0.717) is 11.3 Å². The monoisotopic (exact) mass is 436 g/mol. The van der Waals surface area contributed by atoms with Gasteiger partial charge in [0.25, 0.3) is 11.8 Å². The smallest absolute Gasteiger partial charge is 0.282 e. The molecule has 0 saturated carbocycles. The highest BCUT2D eigenvalue weighted by Gasteiger charge is 2.41. The van der Waals surface area contributed by atoms with E-state index in [1.807, 2.05) is 68.4 Å². The van der Waals surface area contributed by atoms with E-state index in [0.717, 1.165) is 27.6 Å². The molecular weight excluding hydrogens is 415 g/mol. The van der Waals surface area contributed by atoms with Crippen LogP contribution in [0.4, 0.5) is 15.8 Å². The molecule has 162 valence electrons. The third-order valence-electron chi connectivity index (χ3n) is 6.09. The van der Waals surface area contributed by atoms with E-state index >= 15 is 0 Å². The molecular formula is C28H21FN2O2. The molecule has 0 spiro atoms. The molecule has 0 fully saturated rings. The molecule has 1 heterocycles. The highest BCUT2D eigenvalue weighted by atomic mass is 19.1. The second-order valence-corrected chi connectivity index (χ2v) is 8.07. The summed E-state index contributed by atoms with van der Waals surface area (Å²) in [6, 6.07) is 24.5. The molecule has 33 heavy (non-hydrogen) atoms. The number of nitrogens with zero attached hydrogens (tertiary/aromatic N) is 1. The third kappa shape index (κ3) is 3.48. The van der Waals surface area contributed by atoms with Crippen LogP contribution >= 0.6 is 0 Å². The van der Waals surface area contributed by atoms with Gasteiger partial charge in [-0.1, -0.05) is 60.7 Å². The number of imide groups is 1. The molecule has 2 amide bonds. The van der Waals surface area contributed by atoms with Gasteiger partial charge in [0, 0.05) is 11.1 Å². The number of hydrogen-bond donors (Lipinski definition) is 1. The number of anilines is 2. The van der Waals surface area contributed by atoms with E-state index < -0.39 is 17.6 Å². The highest BCUT2D eigenvalue weighted by Crippen LogP contribution is 2.37. The van der Waals surface area contributed by atoms with Gasteiger partial charge in [-0.3, -0.25) is 9.59 Å². The highest BCUT2D eigenvalue weighted by molar-refractivity contribution is 6.47. The van der Waals surface area contributed by atoms with Gasteiger partial charge in [-0.25, -0.2) is 9.29 Å². The van der Waals surface area contributed by atoms with Crippen LogP contribution in [-0.4, -0.2) is 11.8 Å². The van der Waals surface area contributed by atoms with E-state index in [1.54, 1.807) is 6.07 Å². The zero-order chi connectivity index (χ0) is 23.1. The van der Waals surface area contributed by atoms with Gasteiger partial charge in [-0.15, -0.1) is 0 Å². The van der Waals surface area contributed by atoms with Crippen LogP contribution in [-0.2, 0) is 9.59 Å². The van der Waals surface area contributed by atoms with Gasteiger partial charge >= 0.3 is 0 Å². The minimum Gasteiger partial charge on any atom is -0.350 e. The first-order valence-corrected chi connectivity index (χ1v) is 10.7. The predicted octanol–water partition coefficient (Wildman–Crippen LogP) is 5.99. The summed E-state index contributed by atoms with van der Waals surface area (Å²) in [5.74, 6) is -1.31. The fourth-order valence-electron chi connectivity index (χ4n) is 4.17. The molecule has 0 aliphatic carbocycles. The van der Waals surface area contributed by atoms with Crippen molar-refractivity contribution >= 4 is 39.5 Å². The maximum atomic E-state index is 13.7. The lowest BCUT2D eigenvalue weighted by molar-refractivity contribution is -0.120. The first-order chi connectivity index (χ1) is 16.0. The quantitative estimate of drug-likeness (QED) is 0.400. The Kier molecular flexibility index (Phi) is 5.02. The van der Waals surface area contributed by atoms with E-state index in [-0.39, 0.29) is 11.3 Å². The van der Waals surface area contributed by atoms with E-state index in [2.05, 4.69) is 5.32 Å². The maximum absolute atomic E-state index is 13.7. The number of halogens is 1. The summed E-state index contributed by atoms with van der Waals surface area (Å²) >= 11 is 0. The zero-order valence-corrected chi connectivity index (χ0v) is 18.2. The van der Waals surface area contributed by atoms with E-state index in [4.69, 9.17) is 0 Å². The van der Waals surface area contributed by atoms with Crippen molar-refractivity contribution in [1.82, 2.24) is 0 Å². The number of aryl methyl sites for hydroxylation is 1. The largest absolute Gasteiger partial charge is 0.350 e. The van der Waals surface area contributed by atoms with Gasteiger partial charge in [0.05, 0.1) is 11.3 Å². The van der Waals surface area contributed by atoms with Crippen LogP contribution in [0.25, 0.3) is 16.3 Å². The van der Waals surface area contributed by atoms with Crippen LogP contribution in [0.15, 0.2) is 90.6 Å². The number of rotatable bonds is 4. The number of carbonyl (C=O) groups is 2. The Bertz CT molecular complexity index is 1450. The number of amides is 2. The number of carbonyl (C=O) groups excluding carboxylic acids is 2. The number of benzene rings is 4. The lowest BCUT2D eigenvalue weighted by Gasteiger charge is -2.18. The third-order valence-corrected chi connectivity index (χ3v) is 6.09. The lowest BCUT2D eigenvalue weighted by atomic mass is 10.0. The van der Waals surface area contributed by atoms with Crippen molar-refractivity contribution in [3.8, 4) is 0 Å². The maximum Gasteiger partial charge on any atom is 0.282 e. The first kappa shape index (κ1) is 20.6. The summed E-state index contributed by atoms with van der Waals surface area (Å²) in [5.41, 5.74) is 4.16. The fourth-order valence-corrected chi connectivity index (χ4v) is 4.17. The molecule has 0 aromatic heterocycles. The molecule has 0 atom stereocenters. The molecule has 0 radical (unpaired) electrons. The first-order valence-electron chi connectivity index (χ1n) is 10.7. The minimum absolute atomic E-state index is 0.174. The van der Waals surface area contributed by atoms with Gasteiger partial charge in [-0.2, -0.15) is 0 Å². The lowest BCUT2D eigenvalue weighted by Crippen LogP contribution is -2.32. The molecule has 1 aliphatic rings. The van der Waals surface area contributed by atoms with Crippen molar-refractivity contribution in [2.75, 3.05) is 10.2 Å². The van der Waals surface area contributed by atoms with Gasteiger partial charge in [0.2, 0.25) is 0 Å². The summed E-state index contributed by atoms with van der Waals surface area (Å²) in [7, 11) is 0. The van der Waals surface area contributed by atoms with Crippen molar-refractivity contribution in [3.63, 3.8) is 0 Å². The molecule has 1 N–H and O–H groups in total. The van der Waals surface area contributed by atoms with Crippen LogP contribution < -0.4 is 10.2 Å². The molecule has 0 unspecified atom stereocenters. The van der Waals surface area contributed by atoms with Gasteiger partial charge in [0.1, 0.15) is 11.5 Å². The Morgan fingerprint density at radius 3 is 2.24 bits per heavy atom. The minimum atomic E-state index is -0.448. The van der Waals surface area contributed by atoms with Crippen molar-refractivity contribution in [2.24, 2.45) is 0 Å². The Labute approximate surface area is 191 Å². The van der Waals surface area contributed by atoms with Crippen molar-refractivity contribution in [3.05, 3.63) is 113 Å². The van der Waals surface area contributed by atoms with Gasteiger partial charge < -0.3 is 5.32 Å². The predicted molar refractivity (Wildman–Crippen MR) is 129 cm³/mol. The van der Waals surface area contributed by atoms with Gasteiger partial charge in [0.15, 0.2) is 0 Å². The average Bonchev–Trinajstić information content (AvgIpc) is 3.06. The molecule has 0 saturated heterocycles. The average molecular weight is 436 g/mol. The van der Waals surface area contributed by atoms with Crippen molar-refractivity contribution < 1.29 is 14.0 Å². The van der Waals surface area contributed by atoms with Crippen LogP contribution in [0.1, 0.15) is 16.7 Å². The molecule has 4 aromatic rings. The van der Waals surface area contributed by atoms with E-state index in [9.17, 15) is 14.0 Å². The number of nitrogens with one attached hydrogen (secondary N) is 1.